The third kappa shape index (κ3) is 3.10. The van der Waals surface area contributed by atoms with Gasteiger partial charge in [-0.1, -0.05) is 6.92 Å². The zero-order valence-electron chi connectivity index (χ0n) is 10.1. The van der Waals surface area contributed by atoms with Crippen molar-refractivity contribution in [2.24, 2.45) is 0 Å². The van der Waals surface area contributed by atoms with Crippen LogP contribution in [0.4, 0.5) is 11.5 Å². The lowest BCUT2D eigenvalue weighted by molar-refractivity contribution is 0.210. The Morgan fingerprint density at radius 3 is 2.76 bits per heavy atom. The van der Waals surface area contributed by atoms with Gasteiger partial charge < -0.3 is 15.8 Å². The van der Waals surface area contributed by atoms with Crippen LogP contribution in [0.15, 0.2) is 9.59 Å². The Morgan fingerprint density at radius 2 is 2.18 bits per heavy atom. The van der Waals surface area contributed by atoms with Crippen molar-refractivity contribution < 1.29 is 4.74 Å². The summed E-state index contributed by atoms with van der Waals surface area (Å²) in [5.41, 5.74) is 5.03. The highest BCUT2D eigenvalue weighted by atomic mass is 16.5. The first-order chi connectivity index (χ1) is 8.11. The fourth-order valence-electron chi connectivity index (χ4n) is 1.48. The molecule has 0 unspecified atom stereocenters. The number of ether oxygens (including phenoxy) is 1. The molecule has 1 heterocycles. The molecule has 1 aromatic heterocycles. The van der Waals surface area contributed by atoms with Gasteiger partial charge in [0.25, 0.3) is 5.56 Å². The first kappa shape index (κ1) is 13.3. The average Bonchev–Trinajstić information content (AvgIpc) is 2.29. The summed E-state index contributed by atoms with van der Waals surface area (Å²) in [4.78, 5) is 25.3. The number of H-pyrrole nitrogens is 1. The van der Waals surface area contributed by atoms with Gasteiger partial charge in [0.15, 0.2) is 0 Å². The van der Waals surface area contributed by atoms with E-state index in [9.17, 15) is 9.59 Å². The summed E-state index contributed by atoms with van der Waals surface area (Å²) in [6.07, 6.45) is 0.758. The molecule has 0 saturated carbocycles. The third-order valence-corrected chi connectivity index (χ3v) is 2.29. The van der Waals surface area contributed by atoms with Gasteiger partial charge in [0, 0.05) is 20.2 Å². The molecule has 0 atom stereocenters. The second-order valence-corrected chi connectivity index (χ2v) is 3.59. The van der Waals surface area contributed by atoms with Gasteiger partial charge in [0.2, 0.25) is 0 Å². The van der Waals surface area contributed by atoms with Crippen molar-refractivity contribution in [1.29, 1.82) is 0 Å². The molecule has 0 amide bonds. The van der Waals surface area contributed by atoms with E-state index in [1.807, 2.05) is 6.92 Å². The van der Waals surface area contributed by atoms with E-state index in [1.54, 1.807) is 7.11 Å². The molecule has 0 fully saturated rings. The topological polar surface area (TPSA) is 102 Å². The van der Waals surface area contributed by atoms with Gasteiger partial charge in [-0.2, -0.15) is 0 Å². The largest absolute Gasteiger partial charge is 0.383 e. The smallest absolute Gasteiger partial charge is 0.330 e. The maximum atomic E-state index is 11.6. The lowest BCUT2D eigenvalue weighted by Crippen LogP contribution is -2.34. The molecule has 1 aromatic rings. The molecule has 4 N–H and O–H groups in total. The predicted molar refractivity (Wildman–Crippen MR) is 66.4 cm³/mol. The van der Waals surface area contributed by atoms with Crippen LogP contribution in [0, 0.1) is 0 Å². The zero-order chi connectivity index (χ0) is 12.8. The molecule has 0 radical (unpaired) electrons. The summed E-state index contributed by atoms with van der Waals surface area (Å²) in [7, 11) is 1.56. The van der Waals surface area contributed by atoms with E-state index in [4.69, 9.17) is 10.5 Å². The second-order valence-electron chi connectivity index (χ2n) is 3.59. The first-order valence-electron chi connectivity index (χ1n) is 5.47. The Bertz CT molecular complexity index is 477. The van der Waals surface area contributed by atoms with Gasteiger partial charge in [-0.05, 0) is 6.42 Å². The molecule has 0 aliphatic heterocycles. The van der Waals surface area contributed by atoms with Crippen LogP contribution in [0.25, 0.3) is 0 Å². The van der Waals surface area contributed by atoms with Crippen LogP contribution in [0.5, 0.6) is 0 Å². The highest BCUT2D eigenvalue weighted by molar-refractivity contribution is 5.60. The molecule has 0 aromatic carbocycles. The fraction of sp³-hybridized carbons (Fsp3) is 0.600. The highest BCUT2D eigenvalue weighted by Gasteiger charge is 2.10. The van der Waals surface area contributed by atoms with Crippen LogP contribution in [0.1, 0.15) is 13.3 Å². The number of nitrogens with one attached hydrogen (secondary N) is 2. The van der Waals surface area contributed by atoms with Gasteiger partial charge in [-0.3, -0.25) is 14.3 Å². The number of aromatic nitrogens is 2. The second kappa shape index (κ2) is 6.09. The monoisotopic (exact) mass is 242 g/mol. The Hall–Kier alpha value is -1.76. The third-order valence-electron chi connectivity index (χ3n) is 2.29. The minimum absolute atomic E-state index is 0.164. The highest BCUT2D eigenvalue weighted by Crippen LogP contribution is 2.09. The van der Waals surface area contributed by atoms with Crippen LogP contribution in [-0.2, 0) is 11.3 Å². The molecule has 0 aliphatic carbocycles. The molecule has 7 nitrogen and oxygen atoms in total. The molecule has 96 valence electrons. The van der Waals surface area contributed by atoms with Gasteiger partial charge in [0.1, 0.15) is 11.5 Å². The van der Waals surface area contributed by atoms with E-state index in [-0.39, 0.29) is 11.5 Å². The van der Waals surface area contributed by atoms with Gasteiger partial charge >= 0.3 is 5.69 Å². The van der Waals surface area contributed by atoms with Gasteiger partial charge in [-0.25, -0.2) is 4.79 Å². The van der Waals surface area contributed by atoms with Crippen molar-refractivity contribution in [3.63, 3.8) is 0 Å². The number of anilines is 2. The molecule has 17 heavy (non-hydrogen) atoms. The van der Waals surface area contributed by atoms with Gasteiger partial charge in [0.05, 0.1) is 6.61 Å². The normalized spacial score (nSPS) is 10.5. The summed E-state index contributed by atoms with van der Waals surface area (Å²) in [6, 6.07) is 0. The average molecular weight is 242 g/mol. The Kier molecular flexibility index (Phi) is 4.77. The number of hydrogen-bond donors (Lipinski definition) is 3. The molecule has 0 saturated heterocycles. The number of nitrogens with zero attached hydrogens (tertiary/aromatic N) is 1. The van der Waals surface area contributed by atoms with Crippen molar-refractivity contribution in [2.45, 2.75) is 19.9 Å². The number of aromatic amines is 1. The molecule has 0 spiro atoms. The molecule has 1 rings (SSSR count). The van der Waals surface area contributed by atoms with E-state index in [1.165, 1.54) is 4.57 Å². The molecule has 0 aliphatic rings. The Labute approximate surface area is 98.6 Å². The minimum atomic E-state index is -0.504. The van der Waals surface area contributed by atoms with Crippen molar-refractivity contribution in [3.05, 3.63) is 20.8 Å². The lowest BCUT2D eigenvalue weighted by atomic mass is 10.4. The summed E-state index contributed by atoms with van der Waals surface area (Å²) in [5.74, 6) is 0.164. The summed E-state index contributed by atoms with van der Waals surface area (Å²) < 4.78 is 6.20. The van der Waals surface area contributed by atoms with Crippen molar-refractivity contribution in [3.8, 4) is 0 Å². The minimum Gasteiger partial charge on any atom is -0.383 e. The van der Waals surface area contributed by atoms with Gasteiger partial charge in [-0.15, -0.1) is 0 Å². The first-order valence-corrected chi connectivity index (χ1v) is 5.47. The summed E-state index contributed by atoms with van der Waals surface area (Å²) >= 11 is 0. The summed E-state index contributed by atoms with van der Waals surface area (Å²) in [6.45, 7) is 3.30. The fourth-order valence-corrected chi connectivity index (χ4v) is 1.48. The number of nitrogens with two attached hydrogens (primary N) is 1. The quantitative estimate of drug-likeness (QED) is 0.588. The van der Waals surface area contributed by atoms with E-state index < -0.39 is 11.2 Å². The van der Waals surface area contributed by atoms with Crippen LogP contribution in [-0.4, -0.2) is 29.8 Å². The van der Waals surface area contributed by atoms with Crippen LogP contribution in [0.2, 0.25) is 0 Å². The van der Waals surface area contributed by atoms with Crippen LogP contribution >= 0.6 is 0 Å². The lowest BCUT2D eigenvalue weighted by Gasteiger charge is -2.12. The maximum Gasteiger partial charge on any atom is 0.330 e. The van der Waals surface area contributed by atoms with E-state index in [0.717, 1.165) is 6.42 Å². The SMILES string of the molecule is CCCn1c(N)c(NCCOC)c(=O)[nH]c1=O. The number of methoxy groups -OCH3 is 1. The number of nitrogen functional groups attached to an aromatic ring is 1. The number of hydrogen-bond acceptors (Lipinski definition) is 5. The molecule has 7 heteroatoms. The maximum absolute atomic E-state index is 11.6. The predicted octanol–water partition coefficient (Wildman–Crippen LogP) is -0.413. The van der Waals surface area contributed by atoms with E-state index in [0.29, 0.717) is 19.7 Å². The summed E-state index contributed by atoms with van der Waals surface area (Å²) in [5, 5.41) is 2.85. The van der Waals surface area contributed by atoms with Crippen molar-refractivity contribution in [1.82, 2.24) is 9.55 Å². The molecule has 0 bridgehead atoms. The molecular weight excluding hydrogens is 224 g/mol. The van der Waals surface area contributed by atoms with Crippen LogP contribution in [0.3, 0.4) is 0 Å². The van der Waals surface area contributed by atoms with E-state index >= 15 is 0 Å². The Morgan fingerprint density at radius 1 is 1.47 bits per heavy atom. The zero-order valence-corrected chi connectivity index (χ0v) is 10.1. The standard InChI is InChI=1S/C10H18N4O3/c1-3-5-14-8(11)7(12-4-6-17-2)9(15)13-10(14)16/h12H,3-6,11H2,1-2H3,(H,13,15,16). The number of rotatable bonds is 6. The van der Waals surface area contributed by atoms with Crippen molar-refractivity contribution >= 4 is 11.5 Å². The van der Waals surface area contributed by atoms with Crippen LogP contribution < -0.4 is 22.3 Å². The molecular formula is C10H18N4O3. The Balaban J connectivity index is 3.07. The van der Waals surface area contributed by atoms with E-state index in [2.05, 4.69) is 10.3 Å². The van der Waals surface area contributed by atoms with Crippen molar-refractivity contribution in [2.75, 3.05) is 31.3 Å².